The molecule has 0 aromatic heterocycles. The molecular weight excluding hydrogens is 286 g/mol. The lowest BCUT2D eigenvalue weighted by atomic mass is 9.99. The summed E-state index contributed by atoms with van der Waals surface area (Å²) in [5.41, 5.74) is 3.04. The molecule has 0 saturated heterocycles. The molecule has 1 atom stereocenters. The first kappa shape index (κ1) is 15.1. The number of fused-ring (bicyclic) bond motifs is 1. The van der Waals surface area contributed by atoms with Gasteiger partial charge in [-0.1, -0.05) is 54.6 Å². The lowest BCUT2D eigenvalue weighted by molar-refractivity contribution is -0.136. The van der Waals surface area contributed by atoms with Crippen LogP contribution in [0.5, 0.6) is 0 Å². The third kappa shape index (κ3) is 3.51. The molecule has 0 aliphatic rings. The van der Waals surface area contributed by atoms with Crippen molar-refractivity contribution in [1.29, 1.82) is 0 Å². The molecule has 0 aliphatic heterocycles. The van der Waals surface area contributed by atoms with Gasteiger partial charge in [0.05, 0.1) is 6.42 Å². The van der Waals surface area contributed by atoms with Crippen LogP contribution in [-0.2, 0) is 11.2 Å². The molecule has 0 heterocycles. The van der Waals surface area contributed by atoms with E-state index in [2.05, 4.69) is 48.6 Å². The van der Waals surface area contributed by atoms with E-state index in [1.807, 2.05) is 30.3 Å². The van der Waals surface area contributed by atoms with Crippen molar-refractivity contribution in [1.82, 2.24) is 0 Å². The summed E-state index contributed by atoms with van der Waals surface area (Å²) in [5.74, 6) is -0.810. The van der Waals surface area contributed by atoms with Gasteiger partial charge in [-0.3, -0.25) is 4.79 Å². The molecule has 3 heteroatoms. The maximum absolute atomic E-state index is 10.7. The maximum atomic E-state index is 10.7. The molecule has 116 valence electrons. The molecule has 0 spiro atoms. The first-order chi connectivity index (χ1) is 11.1. The number of carbonyl (C=O) groups is 1. The smallest absolute Gasteiger partial charge is 0.307 e. The summed E-state index contributed by atoms with van der Waals surface area (Å²) < 4.78 is 0. The number of hydrogen-bond acceptors (Lipinski definition) is 2. The van der Waals surface area contributed by atoms with E-state index in [-0.39, 0.29) is 12.5 Å². The van der Waals surface area contributed by atoms with E-state index in [0.717, 1.165) is 11.3 Å². The molecule has 0 amide bonds. The predicted molar refractivity (Wildman–Crippen MR) is 93.8 cm³/mol. The van der Waals surface area contributed by atoms with Crippen LogP contribution in [0.3, 0.4) is 0 Å². The lowest BCUT2D eigenvalue weighted by Crippen LogP contribution is -2.07. The van der Waals surface area contributed by atoms with Crippen LogP contribution in [0.2, 0.25) is 0 Å². The van der Waals surface area contributed by atoms with Crippen LogP contribution in [-0.4, -0.2) is 11.1 Å². The molecular formula is C20H19NO2. The molecule has 0 radical (unpaired) electrons. The summed E-state index contributed by atoms with van der Waals surface area (Å²) in [4.78, 5) is 10.7. The summed E-state index contributed by atoms with van der Waals surface area (Å²) in [6.07, 6.45) is 0.0547. The van der Waals surface area contributed by atoms with E-state index >= 15 is 0 Å². The van der Waals surface area contributed by atoms with Gasteiger partial charge in [0.15, 0.2) is 0 Å². The number of carboxylic acids is 1. The van der Waals surface area contributed by atoms with Crippen LogP contribution in [0.25, 0.3) is 10.8 Å². The summed E-state index contributed by atoms with van der Waals surface area (Å²) in [6, 6.07) is 22.4. The quantitative estimate of drug-likeness (QED) is 0.722. The van der Waals surface area contributed by atoms with Crippen LogP contribution in [0, 0.1) is 0 Å². The van der Waals surface area contributed by atoms with E-state index in [1.54, 1.807) is 0 Å². The van der Waals surface area contributed by atoms with Crippen molar-refractivity contribution in [3.8, 4) is 0 Å². The Kier molecular flexibility index (Phi) is 4.29. The highest BCUT2D eigenvalue weighted by molar-refractivity contribution is 5.86. The molecule has 23 heavy (non-hydrogen) atoms. The fourth-order valence-corrected chi connectivity index (χ4v) is 2.85. The minimum atomic E-state index is -0.810. The molecule has 3 aromatic rings. The van der Waals surface area contributed by atoms with Crippen LogP contribution in [0.15, 0.2) is 66.7 Å². The second-order valence-electron chi connectivity index (χ2n) is 5.70. The Balaban J connectivity index is 1.80. The van der Waals surface area contributed by atoms with Crippen molar-refractivity contribution in [2.45, 2.75) is 19.4 Å². The fourth-order valence-electron chi connectivity index (χ4n) is 2.85. The number of nitrogens with one attached hydrogen (secondary N) is 1. The van der Waals surface area contributed by atoms with Gasteiger partial charge < -0.3 is 10.4 Å². The first-order valence-electron chi connectivity index (χ1n) is 7.68. The van der Waals surface area contributed by atoms with Gasteiger partial charge in [-0.15, -0.1) is 0 Å². The van der Waals surface area contributed by atoms with E-state index in [1.165, 1.54) is 16.3 Å². The van der Waals surface area contributed by atoms with Gasteiger partial charge in [0.25, 0.3) is 0 Å². The van der Waals surface area contributed by atoms with Gasteiger partial charge in [-0.25, -0.2) is 0 Å². The van der Waals surface area contributed by atoms with Crippen LogP contribution in [0.4, 0.5) is 5.69 Å². The van der Waals surface area contributed by atoms with Crippen LogP contribution >= 0.6 is 0 Å². The maximum Gasteiger partial charge on any atom is 0.307 e. The zero-order chi connectivity index (χ0) is 16.2. The van der Waals surface area contributed by atoms with E-state index in [4.69, 9.17) is 5.11 Å². The van der Waals surface area contributed by atoms with Gasteiger partial charge in [-0.05, 0) is 41.0 Å². The number of rotatable bonds is 5. The molecule has 3 rings (SSSR count). The first-order valence-corrected chi connectivity index (χ1v) is 7.68. The molecule has 0 saturated carbocycles. The SMILES string of the molecule is C[C@@H](Nc1ccc(CC(=O)O)cc1)c1cccc2ccccc12. The Hall–Kier alpha value is -2.81. The van der Waals surface area contributed by atoms with Crippen molar-refractivity contribution >= 4 is 22.4 Å². The van der Waals surface area contributed by atoms with Gasteiger partial charge in [0.1, 0.15) is 0 Å². The third-order valence-corrected chi connectivity index (χ3v) is 3.98. The minimum Gasteiger partial charge on any atom is -0.481 e. The normalized spacial score (nSPS) is 12.0. The zero-order valence-electron chi connectivity index (χ0n) is 13.0. The standard InChI is InChI=1S/C20H19NO2/c1-14(18-8-4-6-16-5-2-3-7-19(16)18)21-17-11-9-15(10-12-17)13-20(22)23/h2-12,14,21H,13H2,1H3,(H,22,23)/t14-/m1/s1. The van der Waals surface area contributed by atoms with Gasteiger partial charge in [0.2, 0.25) is 0 Å². The van der Waals surface area contributed by atoms with E-state index < -0.39 is 5.97 Å². The molecule has 0 fully saturated rings. The van der Waals surface area contributed by atoms with Gasteiger partial charge in [-0.2, -0.15) is 0 Å². The van der Waals surface area contributed by atoms with Crippen molar-refractivity contribution in [3.63, 3.8) is 0 Å². The van der Waals surface area contributed by atoms with E-state index in [9.17, 15) is 4.79 Å². The molecule has 0 aliphatic carbocycles. The zero-order valence-corrected chi connectivity index (χ0v) is 13.0. The predicted octanol–water partition coefficient (Wildman–Crippen LogP) is 4.64. The summed E-state index contributed by atoms with van der Waals surface area (Å²) in [7, 11) is 0. The highest BCUT2D eigenvalue weighted by Crippen LogP contribution is 2.26. The van der Waals surface area contributed by atoms with Crippen molar-refractivity contribution in [2.24, 2.45) is 0 Å². The summed E-state index contributed by atoms with van der Waals surface area (Å²) in [6.45, 7) is 2.13. The Labute approximate surface area is 135 Å². The molecule has 0 unspecified atom stereocenters. The van der Waals surface area contributed by atoms with Crippen LogP contribution in [0.1, 0.15) is 24.1 Å². The summed E-state index contributed by atoms with van der Waals surface area (Å²) in [5, 5.41) is 14.8. The number of aliphatic carboxylic acids is 1. The number of anilines is 1. The highest BCUT2D eigenvalue weighted by atomic mass is 16.4. The molecule has 3 aromatic carbocycles. The molecule has 0 bridgehead atoms. The second-order valence-corrected chi connectivity index (χ2v) is 5.70. The minimum absolute atomic E-state index is 0.0547. The molecule has 3 nitrogen and oxygen atoms in total. The number of benzene rings is 3. The fraction of sp³-hybridized carbons (Fsp3) is 0.150. The average molecular weight is 305 g/mol. The van der Waals surface area contributed by atoms with E-state index in [0.29, 0.717) is 0 Å². The summed E-state index contributed by atoms with van der Waals surface area (Å²) >= 11 is 0. The Morgan fingerprint density at radius 2 is 1.70 bits per heavy atom. The van der Waals surface area contributed by atoms with Crippen molar-refractivity contribution in [3.05, 3.63) is 77.9 Å². The Bertz CT molecular complexity index is 819. The average Bonchev–Trinajstić information content (AvgIpc) is 2.55. The second kappa shape index (κ2) is 6.53. The monoisotopic (exact) mass is 305 g/mol. The number of carboxylic acid groups (broad SMARTS) is 1. The Morgan fingerprint density at radius 1 is 1.00 bits per heavy atom. The molecule has 2 N–H and O–H groups in total. The third-order valence-electron chi connectivity index (χ3n) is 3.98. The van der Waals surface area contributed by atoms with Crippen molar-refractivity contribution < 1.29 is 9.90 Å². The van der Waals surface area contributed by atoms with Gasteiger partial charge in [0, 0.05) is 11.7 Å². The van der Waals surface area contributed by atoms with Gasteiger partial charge >= 0.3 is 5.97 Å². The van der Waals surface area contributed by atoms with Crippen molar-refractivity contribution in [2.75, 3.05) is 5.32 Å². The largest absolute Gasteiger partial charge is 0.481 e. The van der Waals surface area contributed by atoms with Crippen LogP contribution < -0.4 is 5.32 Å². The number of hydrogen-bond donors (Lipinski definition) is 2. The lowest BCUT2D eigenvalue weighted by Gasteiger charge is -2.18. The Morgan fingerprint density at radius 3 is 2.43 bits per heavy atom. The topological polar surface area (TPSA) is 49.3 Å². The highest BCUT2D eigenvalue weighted by Gasteiger charge is 2.09.